The number of hydrogen-bond acceptors (Lipinski definition) is 4. The van der Waals surface area contributed by atoms with Crippen molar-refractivity contribution in [1.82, 2.24) is 20.1 Å². The molecule has 0 aliphatic carbocycles. The van der Waals surface area contributed by atoms with Crippen LogP contribution in [-0.4, -0.2) is 26.0 Å². The Morgan fingerprint density at radius 3 is 2.72 bits per heavy atom. The molecule has 4 aromatic rings. The van der Waals surface area contributed by atoms with Crippen LogP contribution in [0.3, 0.4) is 0 Å². The maximum absolute atomic E-state index is 13.0. The van der Waals surface area contributed by atoms with Gasteiger partial charge in [-0.05, 0) is 35.4 Å². The quantitative estimate of drug-likeness (QED) is 0.591. The van der Waals surface area contributed by atoms with E-state index in [9.17, 15) is 9.59 Å². The first-order chi connectivity index (χ1) is 14.2. The normalized spacial score (nSPS) is 12.9. The smallest absolute Gasteiger partial charge is 0.272 e. The van der Waals surface area contributed by atoms with Crippen LogP contribution in [0.4, 0.5) is 0 Å². The Balaban J connectivity index is 1.42. The number of fused-ring (bicyclic) bond motifs is 2. The lowest BCUT2D eigenvalue weighted by atomic mass is 10.0. The molecule has 1 aliphatic rings. The van der Waals surface area contributed by atoms with Gasteiger partial charge in [-0.15, -0.1) is 0 Å². The second-order valence-corrected chi connectivity index (χ2v) is 7.19. The van der Waals surface area contributed by atoms with Crippen LogP contribution in [-0.2, 0) is 19.5 Å². The van der Waals surface area contributed by atoms with Gasteiger partial charge in [-0.2, -0.15) is 5.10 Å². The summed E-state index contributed by atoms with van der Waals surface area (Å²) in [5.41, 5.74) is 4.25. The van der Waals surface area contributed by atoms with Crippen LogP contribution in [0.15, 0.2) is 71.7 Å². The van der Waals surface area contributed by atoms with E-state index in [2.05, 4.69) is 15.2 Å². The van der Waals surface area contributed by atoms with Crippen molar-refractivity contribution < 1.29 is 4.79 Å². The zero-order chi connectivity index (χ0) is 19.8. The molecule has 6 heteroatoms. The molecule has 29 heavy (non-hydrogen) atoms. The van der Waals surface area contributed by atoms with Crippen molar-refractivity contribution in [3.05, 3.63) is 105 Å². The molecule has 0 spiro atoms. The molecule has 0 unspecified atom stereocenters. The van der Waals surface area contributed by atoms with Crippen LogP contribution in [0, 0.1) is 0 Å². The maximum atomic E-state index is 13.0. The number of rotatable bonds is 3. The average molecular weight is 382 g/mol. The fraction of sp³-hybridized carbons (Fsp3) is 0.130. The van der Waals surface area contributed by atoms with Gasteiger partial charge in [-0.1, -0.05) is 36.4 Å². The van der Waals surface area contributed by atoms with Gasteiger partial charge in [0.1, 0.15) is 0 Å². The van der Waals surface area contributed by atoms with Gasteiger partial charge in [0.05, 0.1) is 23.3 Å². The lowest BCUT2D eigenvalue weighted by Gasteiger charge is -2.15. The monoisotopic (exact) mass is 382 g/mol. The van der Waals surface area contributed by atoms with E-state index in [-0.39, 0.29) is 11.5 Å². The summed E-state index contributed by atoms with van der Waals surface area (Å²) < 4.78 is 0. The predicted molar refractivity (Wildman–Crippen MR) is 109 cm³/mol. The zero-order valence-electron chi connectivity index (χ0n) is 15.6. The third-order valence-corrected chi connectivity index (χ3v) is 5.29. The number of hydrogen-bond donors (Lipinski definition) is 1. The number of pyridine rings is 1. The van der Waals surface area contributed by atoms with Crippen molar-refractivity contribution in [2.75, 3.05) is 0 Å². The second kappa shape index (κ2) is 6.98. The van der Waals surface area contributed by atoms with Crippen molar-refractivity contribution in [3.8, 4) is 0 Å². The number of carbonyl (C=O) groups excluding carboxylic acids is 1. The van der Waals surface area contributed by atoms with Gasteiger partial charge in [0.15, 0.2) is 0 Å². The summed E-state index contributed by atoms with van der Waals surface area (Å²) in [5.74, 6) is -0.0101. The number of aromatic amines is 1. The molecule has 0 saturated carbocycles. The minimum atomic E-state index is -0.199. The number of amides is 1. The van der Waals surface area contributed by atoms with E-state index in [4.69, 9.17) is 0 Å². The summed E-state index contributed by atoms with van der Waals surface area (Å²) in [4.78, 5) is 31.2. The fourth-order valence-electron chi connectivity index (χ4n) is 3.84. The lowest BCUT2D eigenvalue weighted by Crippen LogP contribution is -2.25. The summed E-state index contributed by atoms with van der Waals surface area (Å²) in [7, 11) is 0. The van der Waals surface area contributed by atoms with Crippen LogP contribution in [0.5, 0.6) is 0 Å². The summed E-state index contributed by atoms with van der Waals surface area (Å²) in [5, 5.41) is 8.25. The van der Waals surface area contributed by atoms with Crippen LogP contribution in [0.25, 0.3) is 10.8 Å². The molecule has 5 rings (SSSR count). The standard InChI is InChI=1S/C23H18N4O2/c28-22-19-9-2-1-8-18(19)20(25-26-22)12-15-5-3-6-16(11-15)23(29)27-13-17-7-4-10-24-21(17)14-27/h1-11H,12-14H2,(H,26,28). The molecule has 0 fully saturated rings. The second-order valence-electron chi connectivity index (χ2n) is 7.19. The summed E-state index contributed by atoms with van der Waals surface area (Å²) >= 11 is 0. The van der Waals surface area contributed by atoms with Crippen LogP contribution >= 0.6 is 0 Å². The van der Waals surface area contributed by atoms with Gasteiger partial charge < -0.3 is 4.90 Å². The Morgan fingerprint density at radius 2 is 1.86 bits per heavy atom. The SMILES string of the molecule is O=C(c1cccc(Cc2n[nH]c(=O)c3ccccc23)c1)N1Cc2cccnc2C1. The zero-order valence-corrected chi connectivity index (χ0v) is 15.6. The molecule has 0 radical (unpaired) electrons. The lowest BCUT2D eigenvalue weighted by molar-refractivity contribution is 0.0750. The van der Waals surface area contributed by atoms with Gasteiger partial charge >= 0.3 is 0 Å². The predicted octanol–water partition coefficient (Wildman–Crippen LogP) is 3.06. The van der Waals surface area contributed by atoms with Gasteiger partial charge in [0.2, 0.25) is 0 Å². The Labute approximate surface area is 166 Å². The first-order valence-electron chi connectivity index (χ1n) is 9.46. The van der Waals surface area contributed by atoms with Gasteiger partial charge in [-0.25, -0.2) is 5.10 Å². The molecule has 0 atom stereocenters. The molecule has 3 heterocycles. The molecule has 2 aromatic carbocycles. The summed E-state index contributed by atoms with van der Waals surface area (Å²) in [6.45, 7) is 1.11. The fourth-order valence-corrected chi connectivity index (χ4v) is 3.84. The molecule has 0 saturated heterocycles. The van der Waals surface area contributed by atoms with E-state index < -0.39 is 0 Å². The minimum Gasteiger partial charge on any atom is -0.328 e. The van der Waals surface area contributed by atoms with Crippen molar-refractivity contribution in [3.63, 3.8) is 0 Å². The van der Waals surface area contributed by atoms with E-state index in [1.807, 2.05) is 59.5 Å². The topological polar surface area (TPSA) is 79.0 Å². The Hall–Kier alpha value is -3.80. The molecule has 6 nitrogen and oxygen atoms in total. The number of H-pyrrole nitrogens is 1. The Bertz CT molecular complexity index is 1270. The molecule has 142 valence electrons. The van der Waals surface area contributed by atoms with Crippen LogP contribution in [0.1, 0.15) is 32.9 Å². The van der Waals surface area contributed by atoms with Gasteiger partial charge in [-0.3, -0.25) is 14.6 Å². The third-order valence-electron chi connectivity index (χ3n) is 5.29. The highest BCUT2D eigenvalue weighted by molar-refractivity contribution is 5.94. The summed E-state index contributed by atoms with van der Waals surface area (Å²) in [6, 6.07) is 18.9. The maximum Gasteiger partial charge on any atom is 0.272 e. The van der Waals surface area contributed by atoms with Crippen molar-refractivity contribution in [1.29, 1.82) is 0 Å². The molecule has 0 bridgehead atoms. The number of nitrogens with zero attached hydrogens (tertiary/aromatic N) is 3. The van der Waals surface area contributed by atoms with Crippen LogP contribution in [0.2, 0.25) is 0 Å². The first-order valence-corrected chi connectivity index (χ1v) is 9.46. The Kier molecular flexibility index (Phi) is 4.17. The molecular weight excluding hydrogens is 364 g/mol. The molecule has 1 aliphatic heterocycles. The van der Waals surface area contributed by atoms with E-state index in [1.54, 1.807) is 12.3 Å². The highest BCUT2D eigenvalue weighted by Gasteiger charge is 2.25. The van der Waals surface area contributed by atoms with Crippen molar-refractivity contribution in [2.24, 2.45) is 0 Å². The van der Waals surface area contributed by atoms with E-state index >= 15 is 0 Å². The number of aromatic nitrogens is 3. The van der Waals surface area contributed by atoms with E-state index in [0.717, 1.165) is 27.9 Å². The highest BCUT2D eigenvalue weighted by Crippen LogP contribution is 2.23. The number of nitrogens with one attached hydrogen (secondary N) is 1. The van der Waals surface area contributed by atoms with E-state index in [1.165, 1.54) is 0 Å². The molecular formula is C23H18N4O2. The van der Waals surface area contributed by atoms with Gasteiger partial charge in [0.25, 0.3) is 11.5 Å². The Morgan fingerprint density at radius 1 is 1.00 bits per heavy atom. The first kappa shape index (κ1) is 17.3. The molecule has 1 amide bonds. The molecule has 1 N–H and O–H groups in total. The number of benzene rings is 2. The third kappa shape index (κ3) is 3.18. The minimum absolute atomic E-state index is 0.0101. The molecule has 2 aromatic heterocycles. The summed E-state index contributed by atoms with van der Waals surface area (Å²) in [6.07, 6.45) is 2.29. The van der Waals surface area contributed by atoms with Crippen LogP contribution < -0.4 is 5.56 Å². The van der Waals surface area contributed by atoms with E-state index in [0.29, 0.717) is 30.5 Å². The average Bonchev–Trinajstić information content (AvgIpc) is 3.20. The van der Waals surface area contributed by atoms with Crippen molar-refractivity contribution in [2.45, 2.75) is 19.5 Å². The van der Waals surface area contributed by atoms with Crippen molar-refractivity contribution >= 4 is 16.7 Å². The number of carbonyl (C=O) groups is 1. The highest BCUT2D eigenvalue weighted by atomic mass is 16.2. The van der Waals surface area contributed by atoms with Gasteiger partial charge in [0, 0.05) is 30.1 Å². The largest absolute Gasteiger partial charge is 0.328 e.